The molecular formula is C44H55N7O10. The Morgan fingerprint density at radius 3 is 2.08 bits per heavy atom. The summed E-state index contributed by atoms with van der Waals surface area (Å²) in [5.41, 5.74) is 13.0. The van der Waals surface area contributed by atoms with Gasteiger partial charge in [0.2, 0.25) is 11.8 Å². The predicted octanol–water partition coefficient (Wildman–Crippen LogP) is 3.14. The average molecular weight is 842 g/mol. The van der Waals surface area contributed by atoms with E-state index < -0.39 is 84.1 Å². The van der Waals surface area contributed by atoms with Crippen LogP contribution in [0.4, 0.5) is 4.79 Å². The van der Waals surface area contributed by atoms with Crippen LogP contribution in [0.25, 0.3) is 0 Å². The molecule has 17 nitrogen and oxygen atoms in total. The highest BCUT2D eigenvalue weighted by Crippen LogP contribution is 2.26. The minimum Gasteiger partial charge on any atom is -0.507 e. The van der Waals surface area contributed by atoms with Gasteiger partial charge < -0.3 is 46.8 Å². The number of aliphatic hydroxyl groups excluding tert-OH is 1. The molecule has 1 heterocycles. The van der Waals surface area contributed by atoms with E-state index >= 15 is 0 Å². The quantitative estimate of drug-likeness (QED) is 0.0638. The number of H-pyrrole nitrogens is 1. The van der Waals surface area contributed by atoms with Gasteiger partial charge in [-0.2, -0.15) is 0 Å². The third-order valence-electron chi connectivity index (χ3n) is 9.83. The van der Waals surface area contributed by atoms with Crippen LogP contribution < -0.4 is 26.8 Å². The fourth-order valence-corrected chi connectivity index (χ4v) is 6.53. The van der Waals surface area contributed by atoms with E-state index in [1.165, 1.54) is 18.6 Å². The number of alkyl carbamates (subject to hydrolysis) is 1. The molecule has 326 valence electrons. The molecule has 61 heavy (non-hydrogen) atoms. The number of benzene rings is 3. The van der Waals surface area contributed by atoms with E-state index in [0.717, 1.165) is 12.1 Å². The highest BCUT2D eigenvalue weighted by molar-refractivity contribution is 6.14. The van der Waals surface area contributed by atoms with E-state index in [0.29, 0.717) is 22.4 Å². The van der Waals surface area contributed by atoms with Crippen LogP contribution in [0.2, 0.25) is 0 Å². The lowest BCUT2D eigenvalue weighted by atomic mass is 9.85. The van der Waals surface area contributed by atoms with Gasteiger partial charge in [0, 0.05) is 31.0 Å². The van der Waals surface area contributed by atoms with E-state index in [4.69, 9.17) is 20.9 Å². The topological polar surface area (TPSA) is 269 Å². The summed E-state index contributed by atoms with van der Waals surface area (Å²) in [5.74, 6) is -7.16. The van der Waals surface area contributed by atoms with Crippen molar-refractivity contribution in [2.45, 2.75) is 84.2 Å². The molecule has 1 aromatic heterocycles. The Hall–Kier alpha value is -6.59. The molecular weight excluding hydrogens is 787 g/mol. The summed E-state index contributed by atoms with van der Waals surface area (Å²) in [6.07, 6.45) is 0.607. The predicted molar refractivity (Wildman–Crippen MR) is 223 cm³/mol. The van der Waals surface area contributed by atoms with Gasteiger partial charge in [0.15, 0.2) is 6.61 Å². The molecule has 0 bridgehead atoms. The summed E-state index contributed by atoms with van der Waals surface area (Å²) in [5, 5.41) is 26.4. The first-order valence-electron chi connectivity index (χ1n) is 19.9. The summed E-state index contributed by atoms with van der Waals surface area (Å²) in [6, 6.07) is 17.5. The zero-order valence-corrected chi connectivity index (χ0v) is 34.7. The molecule has 0 saturated heterocycles. The molecule has 0 fully saturated rings. The number of carbonyl (C=O) groups excluding carboxylic acids is 6. The molecule has 5 atom stereocenters. The average Bonchev–Trinajstić information content (AvgIpc) is 3.74. The number of aromatic amines is 1. The summed E-state index contributed by atoms with van der Waals surface area (Å²) in [7, 11) is 0. The lowest BCUT2D eigenvalue weighted by molar-refractivity contribution is -0.160. The van der Waals surface area contributed by atoms with Crippen LogP contribution >= 0.6 is 0 Å². The lowest BCUT2D eigenvalue weighted by Crippen LogP contribution is -2.59. The van der Waals surface area contributed by atoms with Gasteiger partial charge in [-0.3, -0.25) is 24.0 Å². The van der Waals surface area contributed by atoms with Crippen molar-refractivity contribution in [1.29, 1.82) is 0 Å². The van der Waals surface area contributed by atoms with Gasteiger partial charge in [-0.05, 0) is 54.0 Å². The van der Waals surface area contributed by atoms with Gasteiger partial charge >= 0.3 is 6.09 Å². The van der Waals surface area contributed by atoms with Crippen LogP contribution in [0, 0.1) is 17.8 Å². The van der Waals surface area contributed by atoms with E-state index in [-0.39, 0.29) is 48.8 Å². The summed E-state index contributed by atoms with van der Waals surface area (Å²) >= 11 is 0. The van der Waals surface area contributed by atoms with E-state index in [2.05, 4.69) is 20.6 Å². The van der Waals surface area contributed by atoms with Crippen molar-refractivity contribution in [3.8, 4) is 11.5 Å². The van der Waals surface area contributed by atoms with Crippen molar-refractivity contribution >= 4 is 35.6 Å². The Balaban J connectivity index is 1.70. The van der Waals surface area contributed by atoms with Gasteiger partial charge in [0.25, 0.3) is 17.7 Å². The zero-order valence-electron chi connectivity index (χ0n) is 34.7. The Kier molecular flexibility index (Phi) is 17.5. The minimum absolute atomic E-state index is 0.0320. The number of nitrogens with two attached hydrogens (primary N) is 2. The molecule has 9 N–H and O–H groups in total. The van der Waals surface area contributed by atoms with Crippen molar-refractivity contribution in [2.24, 2.45) is 29.2 Å². The number of phenols is 1. The van der Waals surface area contributed by atoms with Crippen LogP contribution in [-0.4, -0.2) is 91.5 Å². The van der Waals surface area contributed by atoms with E-state index in [1.807, 2.05) is 19.9 Å². The van der Waals surface area contributed by atoms with Crippen LogP contribution in [-0.2, 0) is 43.4 Å². The van der Waals surface area contributed by atoms with Crippen LogP contribution in [0.3, 0.4) is 0 Å². The third-order valence-corrected chi connectivity index (χ3v) is 9.83. The van der Waals surface area contributed by atoms with Crippen molar-refractivity contribution < 1.29 is 48.5 Å². The second-order valence-electron chi connectivity index (χ2n) is 15.5. The Morgan fingerprint density at radius 2 is 1.49 bits per heavy atom. The highest BCUT2D eigenvalue weighted by Gasteiger charge is 2.41. The summed E-state index contributed by atoms with van der Waals surface area (Å²) in [4.78, 5) is 90.2. The SMILES string of the molecule is CC(C)C[C@H](N)[C@@H](O)C[C@H](C(=O)N(C(=O)COc1ccc(O)c(C(N)=O)c1)C(=O)[C@H](Cc1c[nH]cn1)NC(=O)[C@H](Cc1ccccc1)NC(=O)OCc1ccccc1)C(C)C. The molecule has 0 unspecified atom stereocenters. The number of hydrogen-bond acceptors (Lipinski definition) is 12. The Labute approximate surface area is 354 Å². The number of nitrogens with one attached hydrogen (secondary N) is 3. The number of imide groups is 3. The molecule has 0 spiro atoms. The molecule has 0 aliphatic carbocycles. The molecule has 0 aliphatic rings. The number of aromatic nitrogens is 2. The van der Waals surface area contributed by atoms with E-state index in [9.17, 15) is 39.0 Å². The molecule has 17 heteroatoms. The number of hydrogen-bond donors (Lipinski definition) is 7. The standard InChI is InChI=1S/C44H55N7O10/c1-26(2)17-34(45)38(53)21-32(27(3)4)42(57)51(39(54)24-60-31-15-16-37(52)33(20-31)40(46)55)43(58)36(19-30-22-47-25-48-30)49-41(56)35(18-28-11-7-5-8-12-28)50-44(59)61-23-29-13-9-6-10-14-29/h5-16,20,22,25-27,32,34-36,38,52-53H,17-19,21,23-24,45H2,1-4H3,(H2,46,55)(H,47,48)(H,49,56)(H,50,59)/t32-,34-,35-,36-,38-/m0/s1. The minimum atomic E-state index is -1.62. The Morgan fingerprint density at radius 1 is 0.836 bits per heavy atom. The number of aliphatic hydroxyl groups is 1. The monoisotopic (exact) mass is 841 g/mol. The Bertz CT molecular complexity index is 2080. The van der Waals surface area contributed by atoms with E-state index in [1.54, 1.807) is 68.4 Å². The van der Waals surface area contributed by atoms with Gasteiger partial charge in [0.05, 0.1) is 23.7 Å². The number of ether oxygens (including phenoxy) is 2. The number of carbonyl (C=O) groups is 6. The fourth-order valence-electron chi connectivity index (χ4n) is 6.53. The van der Waals surface area contributed by atoms with Crippen LogP contribution in [0.15, 0.2) is 91.4 Å². The lowest BCUT2D eigenvalue weighted by Gasteiger charge is -2.32. The largest absolute Gasteiger partial charge is 0.507 e. The number of imidazole rings is 1. The number of aromatic hydroxyl groups is 1. The van der Waals surface area contributed by atoms with Crippen LogP contribution in [0.1, 0.15) is 67.7 Å². The first kappa shape index (κ1) is 47.1. The number of nitrogens with zero attached hydrogens (tertiary/aromatic N) is 2. The highest BCUT2D eigenvalue weighted by atomic mass is 16.5. The first-order valence-corrected chi connectivity index (χ1v) is 19.9. The van der Waals surface area contributed by atoms with Crippen molar-refractivity contribution in [2.75, 3.05) is 6.61 Å². The number of rotatable bonds is 21. The second kappa shape index (κ2) is 22.7. The van der Waals surface area contributed by atoms with Crippen LogP contribution in [0.5, 0.6) is 11.5 Å². The molecule has 0 aliphatic heterocycles. The van der Waals surface area contributed by atoms with Gasteiger partial charge in [-0.15, -0.1) is 0 Å². The van der Waals surface area contributed by atoms with Gasteiger partial charge in [-0.1, -0.05) is 88.4 Å². The fraction of sp³-hybridized carbons (Fsp3) is 0.386. The summed E-state index contributed by atoms with van der Waals surface area (Å²) in [6.45, 7) is 6.23. The van der Waals surface area contributed by atoms with Crippen molar-refractivity contribution in [1.82, 2.24) is 25.5 Å². The van der Waals surface area contributed by atoms with Crippen molar-refractivity contribution in [3.05, 3.63) is 114 Å². The molecule has 4 rings (SSSR count). The molecule has 6 amide bonds. The first-order chi connectivity index (χ1) is 29.0. The van der Waals surface area contributed by atoms with Gasteiger partial charge in [-0.25, -0.2) is 14.7 Å². The molecule has 3 aromatic carbocycles. The molecule has 4 aromatic rings. The molecule has 0 radical (unpaired) electrons. The number of primary amides is 1. The maximum Gasteiger partial charge on any atom is 0.408 e. The smallest absolute Gasteiger partial charge is 0.408 e. The zero-order chi connectivity index (χ0) is 44.6. The maximum absolute atomic E-state index is 14.8. The second-order valence-corrected chi connectivity index (χ2v) is 15.5. The summed E-state index contributed by atoms with van der Waals surface area (Å²) < 4.78 is 11.0. The molecule has 0 saturated carbocycles. The van der Waals surface area contributed by atoms with Gasteiger partial charge in [0.1, 0.15) is 30.2 Å². The normalized spacial score (nSPS) is 13.6. The third kappa shape index (κ3) is 14.3. The maximum atomic E-state index is 14.8. The number of amides is 6. The van der Waals surface area contributed by atoms with Crippen molar-refractivity contribution in [3.63, 3.8) is 0 Å².